The normalized spacial score (nSPS) is 12.7. The lowest BCUT2D eigenvalue weighted by atomic mass is 10.2. The van der Waals surface area contributed by atoms with Crippen LogP contribution in [-0.4, -0.2) is 9.55 Å². The van der Waals surface area contributed by atoms with Gasteiger partial charge in [0.05, 0.1) is 17.1 Å². The topological polar surface area (TPSA) is 43.8 Å². The molecule has 1 atom stereocenters. The summed E-state index contributed by atoms with van der Waals surface area (Å²) in [6, 6.07) is 10.6. The number of imidazole rings is 1. The molecule has 0 fully saturated rings. The molecule has 22 heavy (non-hydrogen) atoms. The average molecular weight is 301 g/mol. The van der Waals surface area contributed by atoms with Crippen LogP contribution in [0, 0.1) is 11.6 Å². The molecule has 1 unspecified atom stereocenters. The second-order valence-corrected chi connectivity index (χ2v) is 5.33. The largest absolute Gasteiger partial charge is 0.322 e. The molecule has 0 aliphatic carbocycles. The second-order valence-electron chi connectivity index (χ2n) is 5.33. The van der Waals surface area contributed by atoms with Gasteiger partial charge >= 0.3 is 0 Å². The average Bonchev–Trinajstić information content (AvgIpc) is 2.86. The van der Waals surface area contributed by atoms with Gasteiger partial charge in [0.25, 0.3) is 0 Å². The van der Waals surface area contributed by atoms with Gasteiger partial charge in [-0.05, 0) is 36.2 Å². The Morgan fingerprint density at radius 1 is 1.09 bits per heavy atom. The number of benzene rings is 2. The van der Waals surface area contributed by atoms with Crippen molar-refractivity contribution in [1.82, 2.24) is 9.55 Å². The number of nitrogens with two attached hydrogens (primary N) is 1. The van der Waals surface area contributed by atoms with E-state index in [1.165, 1.54) is 24.3 Å². The number of hydrogen-bond acceptors (Lipinski definition) is 2. The number of nitrogens with zero attached hydrogens (tertiary/aromatic N) is 2. The van der Waals surface area contributed by atoms with Gasteiger partial charge in [-0.3, -0.25) is 0 Å². The molecule has 114 valence electrons. The molecule has 1 aromatic heterocycles. The van der Waals surface area contributed by atoms with Crippen molar-refractivity contribution in [3.05, 3.63) is 65.5 Å². The number of fused-ring (bicyclic) bond motifs is 1. The molecule has 0 aliphatic rings. The van der Waals surface area contributed by atoms with Gasteiger partial charge in [0, 0.05) is 12.6 Å². The maximum atomic E-state index is 13.4. The molecule has 1 heterocycles. The minimum absolute atomic E-state index is 0.226. The van der Waals surface area contributed by atoms with Crippen molar-refractivity contribution < 1.29 is 8.78 Å². The van der Waals surface area contributed by atoms with E-state index in [1.54, 1.807) is 18.2 Å². The van der Waals surface area contributed by atoms with E-state index >= 15 is 0 Å². The lowest BCUT2D eigenvalue weighted by molar-refractivity contribution is 0.603. The van der Waals surface area contributed by atoms with Crippen molar-refractivity contribution in [1.29, 1.82) is 0 Å². The predicted molar refractivity (Wildman–Crippen MR) is 82.4 cm³/mol. The summed E-state index contributed by atoms with van der Waals surface area (Å²) >= 11 is 0. The molecule has 0 amide bonds. The summed E-state index contributed by atoms with van der Waals surface area (Å²) < 4.78 is 28.4. The number of halogens is 2. The molecule has 3 rings (SSSR count). The molecule has 0 saturated heterocycles. The molecule has 3 aromatic rings. The Hall–Kier alpha value is -2.27. The van der Waals surface area contributed by atoms with Crippen LogP contribution in [0.5, 0.6) is 0 Å². The van der Waals surface area contributed by atoms with Crippen LogP contribution in [0.1, 0.15) is 30.8 Å². The first kappa shape index (κ1) is 14.7. The SMILES string of the molecule is CCC(N)c1nc2cc(F)ccc2n1Cc1ccc(F)cc1. The highest BCUT2D eigenvalue weighted by Crippen LogP contribution is 2.23. The molecule has 0 spiro atoms. The Bertz CT molecular complexity index is 794. The summed E-state index contributed by atoms with van der Waals surface area (Å²) in [4.78, 5) is 4.48. The van der Waals surface area contributed by atoms with Crippen LogP contribution in [0.4, 0.5) is 8.78 Å². The van der Waals surface area contributed by atoms with Crippen LogP contribution < -0.4 is 5.73 Å². The highest BCUT2D eigenvalue weighted by atomic mass is 19.1. The fourth-order valence-corrected chi connectivity index (χ4v) is 2.53. The maximum Gasteiger partial charge on any atom is 0.127 e. The first-order valence-electron chi connectivity index (χ1n) is 7.24. The summed E-state index contributed by atoms with van der Waals surface area (Å²) in [5, 5.41) is 0. The van der Waals surface area contributed by atoms with Crippen LogP contribution in [0.15, 0.2) is 42.5 Å². The van der Waals surface area contributed by atoms with E-state index in [0.29, 0.717) is 17.9 Å². The van der Waals surface area contributed by atoms with Gasteiger partial charge in [-0.25, -0.2) is 13.8 Å². The van der Waals surface area contributed by atoms with Gasteiger partial charge in [-0.2, -0.15) is 0 Å². The molecule has 3 nitrogen and oxygen atoms in total. The van der Waals surface area contributed by atoms with Crippen LogP contribution >= 0.6 is 0 Å². The Balaban J connectivity index is 2.10. The van der Waals surface area contributed by atoms with Crippen LogP contribution in [0.3, 0.4) is 0 Å². The van der Waals surface area contributed by atoms with Crippen molar-refractivity contribution in [3.8, 4) is 0 Å². The molecule has 5 heteroatoms. The lowest BCUT2D eigenvalue weighted by Gasteiger charge is -2.13. The fourth-order valence-electron chi connectivity index (χ4n) is 2.53. The third kappa shape index (κ3) is 2.72. The monoisotopic (exact) mass is 301 g/mol. The number of hydrogen-bond donors (Lipinski definition) is 1. The minimum Gasteiger partial charge on any atom is -0.322 e. The van der Waals surface area contributed by atoms with E-state index in [4.69, 9.17) is 5.73 Å². The molecular weight excluding hydrogens is 284 g/mol. The Morgan fingerprint density at radius 2 is 1.77 bits per heavy atom. The zero-order valence-corrected chi connectivity index (χ0v) is 12.3. The maximum absolute atomic E-state index is 13.4. The first-order chi connectivity index (χ1) is 10.6. The summed E-state index contributed by atoms with van der Waals surface area (Å²) in [5.74, 6) is 0.120. The summed E-state index contributed by atoms with van der Waals surface area (Å²) in [6.07, 6.45) is 0.731. The summed E-state index contributed by atoms with van der Waals surface area (Å²) in [6.45, 7) is 2.50. The Kier molecular flexibility index (Phi) is 3.90. The standard InChI is InChI=1S/C17H17F2N3/c1-2-14(20)17-21-15-9-13(19)7-8-16(15)22(17)10-11-3-5-12(18)6-4-11/h3-9,14H,2,10,20H2,1H3. The smallest absolute Gasteiger partial charge is 0.127 e. The molecule has 0 saturated carbocycles. The zero-order chi connectivity index (χ0) is 15.7. The Labute approximate surface area is 127 Å². The van der Waals surface area contributed by atoms with E-state index < -0.39 is 0 Å². The van der Waals surface area contributed by atoms with Crippen molar-refractivity contribution in [3.63, 3.8) is 0 Å². The molecule has 0 aliphatic heterocycles. The van der Waals surface area contributed by atoms with E-state index in [1.807, 2.05) is 11.5 Å². The van der Waals surface area contributed by atoms with Gasteiger partial charge in [0.1, 0.15) is 17.5 Å². The quantitative estimate of drug-likeness (QED) is 0.797. The van der Waals surface area contributed by atoms with Gasteiger partial charge in [0.15, 0.2) is 0 Å². The number of rotatable bonds is 4. The second kappa shape index (κ2) is 5.85. The van der Waals surface area contributed by atoms with Crippen molar-refractivity contribution in [2.45, 2.75) is 25.9 Å². The summed E-state index contributed by atoms with van der Waals surface area (Å²) in [5.41, 5.74) is 8.49. The van der Waals surface area contributed by atoms with Crippen LogP contribution in [-0.2, 0) is 6.54 Å². The van der Waals surface area contributed by atoms with Crippen LogP contribution in [0.25, 0.3) is 11.0 Å². The van der Waals surface area contributed by atoms with Crippen molar-refractivity contribution >= 4 is 11.0 Å². The zero-order valence-electron chi connectivity index (χ0n) is 12.3. The lowest BCUT2D eigenvalue weighted by Crippen LogP contribution is -2.16. The number of aromatic nitrogens is 2. The molecule has 2 N–H and O–H groups in total. The van der Waals surface area contributed by atoms with E-state index in [9.17, 15) is 8.78 Å². The molecule has 0 radical (unpaired) electrons. The highest BCUT2D eigenvalue weighted by molar-refractivity contribution is 5.76. The van der Waals surface area contributed by atoms with Crippen molar-refractivity contribution in [2.75, 3.05) is 0 Å². The molecule has 2 aromatic carbocycles. The highest BCUT2D eigenvalue weighted by Gasteiger charge is 2.16. The van der Waals surface area contributed by atoms with Gasteiger partial charge in [-0.1, -0.05) is 19.1 Å². The van der Waals surface area contributed by atoms with Gasteiger partial charge < -0.3 is 10.3 Å². The first-order valence-corrected chi connectivity index (χ1v) is 7.24. The van der Waals surface area contributed by atoms with Crippen LogP contribution in [0.2, 0.25) is 0 Å². The molecular formula is C17H17F2N3. The minimum atomic E-state index is -0.324. The Morgan fingerprint density at radius 3 is 2.45 bits per heavy atom. The third-order valence-corrected chi connectivity index (χ3v) is 3.77. The predicted octanol–water partition coefficient (Wildman–Crippen LogP) is 3.77. The summed E-state index contributed by atoms with van der Waals surface area (Å²) in [7, 11) is 0. The van der Waals surface area contributed by atoms with E-state index in [-0.39, 0.29) is 17.7 Å². The van der Waals surface area contributed by atoms with Gasteiger partial charge in [0.2, 0.25) is 0 Å². The fraction of sp³-hybridized carbons (Fsp3) is 0.235. The van der Waals surface area contributed by atoms with E-state index in [2.05, 4.69) is 4.98 Å². The van der Waals surface area contributed by atoms with Crippen molar-refractivity contribution in [2.24, 2.45) is 5.73 Å². The van der Waals surface area contributed by atoms with Gasteiger partial charge in [-0.15, -0.1) is 0 Å². The third-order valence-electron chi connectivity index (χ3n) is 3.77. The molecule has 0 bridgehead atoms. The van der Waals surface area contributed by atoms with E-state index in [0.717, 1.165) is 17.5 Å².